The number of carbonyl (C=O) groups excluding carboxylic acids is 1. The summed E-state index contributed by atoms with van der Waals surface area (Å²) in [4.78, 5) is 15.3. The maximum absolute atomic E-state index is 11.0. The zero-order valence-electron chi connectivity index (χ0n) is 9.40. The maximum atomic E-state index is 11.0. The van der Waals surface area contributed by atoms with Crippen molar-refractivity contribution in [3.05, 3.63) is 53.2 Å². The minimum Gasteiger partial charge on any atom is -0.298 e. The first-order chi connectivity index (χ1) is 7.72. The molecule has 0 aliphatic carbocycles. The van der Waals surface area contributed by atoms with Crippen molar-refractivity contribution in [2.24, 2.45) is 0 Å². The molecule has 0 saturated carbocycles. The first kappa shape index (κ1) is 10.6. The van der Waals surface area contributed by atoms with E-state index in [9.17, 15) is 4.79 Å². The fraction of sp³-hybridized carbons (Fsp3) is 0.143. The lowest BCUT2D eigenvalue weighted by atomic mass is 10.0. The molecule has 1 aromatic carbocycles. The van der Waals surface area contributed by atoms with Crippen LogP contribution < -0.4 is 0 Å². The van der Waals surface area contributed by atoms with Crippen molar-refractivity contribution in [3.8, 4) is 11.3 Å². The molecule has 1 aromatic heterocycles. The minimum atomic E-state index is 0.682. The zero-order chi connectivity index (χ0) is 11.5. The second kappa shape index (κ2) is 4.27. The van der Waals surface area contributed by atoms with Gasteiger partial charge in [-0.25, -0.2) is 0 Å². The Bertz CT molecular complexity index is 532. The van der Waals surface area contributed by atoms with Crippen molar-refractivity contribution in [1.29, 1.82) is 0 Å². The van der Waals surface area contributed by atoms with Gasteiger partial charge >= 0.3 is 0 Å². The molecule has 0 fully saturated rings. The van der Waals surface area contributed by atoms with Gasteiger partial charge in [-0.15, -0.1) is 0 Å². The minimum absolute atomic E-state index is 0.682. The van der Waals surface area contributed by atoms with Crippen LogP contribution in [-0.4, -0.2) is 11.3 Å². The Balaban J connectivity index is 2.62. The Kier molecular flexibility index (Phi) is 2.82. The molecule has 0 bridgehead atoms. The van der Waals surface area contributed by atoms with Crippen molar-refractivity contribution in [1.82, 2.24) is 4.98 Å². The van der Waals surface area contributed by atoms with Crippen LogP contribution in [0.2, 0.25) is 0 Å². The largest absolute Gasteiger partial charge is 0.298 e. The highest BCUT2D eigenvalue weighted by atomic mass is 16.1. The normalized spacial score (nSPS) is 10.1. The summed E-state index contributed by atoms with van der Waals surface area (Å²) < 4.78 is 0. The Morgan fingerprint density at radius 1 is 1.19 bits per heavy atom. The second-order valence-electron chi connectivity index (χ2n) is 3.88. The monoisotopic (exact) mass is 211 g/mol. The number of aldehydes is 1. The summed E-state index contributed by atoms with van der Waals surface area (Å²) in [6.07, 6.45) is 2.69. The second-order valence-corrected chi connectivity index (χ2v) is 3.88. The van der Waals surface area contributed by atoms with Crippen molar-refractivity contribution in [3.63, 3.8) is 0 Å². The third kappa shape index (κ3) is 1.87. The van der Waals surface area contributed by atoms with Gasteiger partial charge < -0.3 is 0 Å². The molecule has 2 aromatic rings. The van der Waals surface area contributed by atoms with E-state index in [-0.39, 0.29) is 0 Å². The molecular weight excluding hydrogens is 198 g/mol. The van der Waals surface area contributed by atoms with E-state index in [1.807, 2.05) is 44.3 Å². The van der Waals surface area contributed by atoms with E-state index in [0.717, 1.165) is 28.7 Å². The van der Waals surface area contributed by atoms with Crippen LogP contribution in [0.25, 0.3) is 11.3 Å². The summed E-state index contributed by atoms with van der Waals surface area (Å²) in [5.74, 6) is 0. The summed E-state index contributed by atoms with van der Waals surface area (Å²) >= 11 is 0. The van der Waals surface area contributed by atoms with Gasteiger partial charge in [0.2, 0.25) is 0 Å². The summed E-state index contributed by atoms with van der Waals surface area (Å²) in [6.45, 7) is 4.02. The molecule has 2 nitrogen and oxygen atoms in total. The van der Waals surface area contributed by atoms with Crippen LogP contribution in [0, 0.1) is 13.8 Å². The molecule has 2 rings (SSSR count). The highest BCUT2D eigenvalue weighted by molar-refractivity contribution is 5.87. The van der Waals surface area contributed by atoms with E-state index in [2.05, 4.69) is 11.1 Å². The molecule has 16 heavy (non-hydrogen) atoms. The van der Waals surface area contributed by atoms with Crippen LogP contribution in [0.4, 0.5) is 0 Å². The first-order valence-corrected chi connectivity index (χ1v) is 5.20. The standard InChI is InChI=1S/C14H13NO/c1-10-7-11(2)14(15-8-10)13-6-4-3-5-12(13)9-16/h3-9H,1-2H3. The van der Waals surface area contributed by atoms with Crippen LogP contribution in [0.3, 0.4) is 0 Å². The molecule has 0 spiro atoms. The Hall–Kier alpha value is -1.96. The average Bonchev–Trinajstić information content (AvgIpc) is 2.29. The van der Waals surface area contributed by atoms with Crippen LogP contribution >= 0.6 is 0 Å². The zero-order valence-corrected chi connectivity index (χ0v) is 9.40. The van der Waals surface area contributed by atoms with Gasteiger partial charge in [0, 0.05) is 17.3 Å². The maximum Gasteiger partial charge on any atom is 0.150 e. The van der Waals surface area contributed by atoms with Crippen molar-refractivity contribution >= 4 is 6.29 Å². The Morgan fingerprint density at radius 2 is 1.94 bits per heavy atom. The number of aromatic nitrogens is 1. The van der Waals surface area contributed by atoms with E-state index < -0.39 is 0 Å². The van der Waals surface area contributed by atoms with Crippen molar-refractivity contribution < 1.29 is 4.79 Å². The molecule has 0 radical (unpaired) electrons. The molecule has 0 N–H and O–H groups in total. The smallest absolute Gasteiger partial charge is 0.150 e. The predicted octanol–water partition coefficient (Wildman–Crippen LogP) is 3.18. The Labute approximate surface area is 95.0 Å². The molecule has 1 heterocycles. The molecule has 0 unspecified atom stereocenters. The predicted molar refractivity (Wildman–Crippen MR) is 64.5 cm³/mol. The molecule has 0 saturated heterocycles. The lowest BCUT2D eigenvalue weighted by Crippen LogP contribution is -1.93. The van der Waals surface area contributed by atoms with Gasteiger partial charge in [-0.2, -0.15) is 0 Å². The van der Waals surface area contributed by atoms with Crippen LogP contribution in [0.15, 0.2) is 36.5 Å². The van der Waals surface area contributed by atoms with Gasteiger partial charge in [0.05, 0.1) is 5.69 Å². The van der Waals surface area contributed by atoms with Gasteiger partial charge in [-0.05, 0) is 25.0 Å². The average molecular weight is 211 g/mol. The van der Waals surface area contributed by atoms with Gasteiger partial charge in [0.25, 0.3) is 0 Å². The summed E-state index contributed by atoms with van der Waals surface area (Å²) in [7, 11) is 0. The summed E-state index contributed by atoms with van der Waals surface area (Å²) in [6, 6.07) is 9.59. The number of nitrogens with zero attached hydrogens (tertiary/aromatic N) is 1. The van der Waals surface area contributed by atoms with E-state index in [4.69, 9.17) is 0 Å². The Morgan fingerprint density at radius 3 is 2.62 bits per heavy atom. The number of aryl methyl sites for hydroxylation is 2. The molecule has 0 atom stereocenters. The van der Waals surface area contributed by atoms with Gasteiger partial charge in [0.15, 0.2) is 6.29 Å². The van der Waals surface area contributed by atoms with E-state index in [1.165, 1.54) is 0 Å². The van der Waals surface area contributed by atoms with Crippen LogP contribution in [0.5, 0.6) is 0 Å². The van der Waals surface area contributed by atoms with Gasteiger partial charge in [-0.1, -0.05) is 30.3 Å². The highest BCUT2D eigenvalue weighted by Crippen LogP contribution is 2.24. The molecule has 80 valence electrons. The van der Waals surface area contributed by atoms with E-state index in [1.54, 1.807) is 0 Å². The third-order valence-corrected chi connectivity index (χ3v) is 2.56. The number of pyridine rings is 1. The highest BCUT2D eigenvalue weighted by Gasteiger charge is 2.07. The topological polar surface area (TPSA) is 30.0 Å². The van der Waals surface area contributed by atoms with Crippen molar-refractivity contribution in [2.75, 3.05) is 0 Å². The van der Waals surface area contributed by atoms with E-state index in [0.29, 0.717) is 5.56 Å². The van der Waals surface area contributed by atoms with Gasteiger partial charge in [-0.3, -0.25) is 9.78 Å². The van der Waals surface area contributed by atoms with Crippen LogP contribution in [0.1, 0.15) is 21.5 Å². The summed E-state index contributed by atoms with van der Waals surface area (Å²) in [5.41, 5.74) is 4.68. The quantitative estimate of drug-likeness (QED) is 0.714. The van der Waals surface area contributed by atoms with Crippen molar-refractivity contribution in [2.45, 2.75) is 13.8 Å². The molecular formula is C14H13NO. The SMILES string of the molecule is Cc1cnc(-c2ccccc2C=O)c(C)c1. The molecule has 0 aliphatic heterocycles. The number of hydrogen-bond donors (Lipinski definition) is 0. The lowest BCUT2D eigenvalue weighted by Gasteiger charge is -2.07. The molecule has 0 aliphatic rings. The molecule has 0 amide bonds. The number of hydrogen-bond acceptors (Lipinski definition) is 2. The number of benzene rings is 1. The first-order valence-electron chi connectivity index (χ1n) is 5.20. The fourth-order valence-electron chi connectivity index (χ4n) is 1.81. The third-order valence-electron chi connectivity index (χ3n) is 2.56. The summed E-state index contributed by atoms with van der Waals surface area (Å²) in [5, 5.41) is 0. The number of carbonyl (C=O) groups is 1. The van der Waals surface area contributed by atoms with E-state index >= 15 is 0 Å². The number of rotatable bonds is 2. The lowest BCUT2D eigenvalue weighted by molar-refractivity contribution is 0.112. The van der Waals surface area contributed by atoms with Gasteiger partial charge in [0.1, 0.15) is 0 Å². The van der Waals surface area contributed by atoms with Crippen LogP contribution in [-0.2, 0) is 0 Å². The fourth-order valence-corrected chi connectivity index (χ4v) is 1.81. The molecule has 2 heteroatoms.